The van der Waals surface area contributed by atoms with Gasteiger partial charge in [0.25, 0.3) is 5.69 Å². The lowest BCUT2D eigenvalue weighted by Crippen LogP contribution is -2.48. The third kappa shape index (κ3) is 3.61. The van der Waals surface area contributed by atoms with Crippen molar-refractivity contribution in [1.29, 1.82) is 0 Å². The minimum absolute atomic E-state index is 0.0221. The molecule has 2 heterocycles. The minimum Gasteiger partial charge on any atom is -0.324 e. The van der Waals surface area contributed by atoms with Gasteiger partial charge in [-0.3, -0.25) is 10.1 Å². The van der Waals surface area contributed by atoms with Crippen LogP contribution in [-0.2, 0) is 0 Å². The maximum atomic E-state index is 12.3. The lowest BCUT2D eigenvalue weighted by Gasteiger charge is -2.44. The number of rotatable bonds is 2. The molecule has 0 unspecified atom stereocenters. The van der Waals surface area contributed by atoms with E-state index in [1.54, 1.807) is 12.1 Å². The van der Waals surface area contributed by atoms with E-state index < -0.39 is 4.92 Å². The highest BCUT2D eigenvalue weighted by Gasteiger charge is 2.36. The quantitative estimate of drug-likeness (QED) is 0.648. The van der Waals surface area contributed by atoms with E-state index in [1.165, 1.54) is 25.0 Å². The van der Waals surface area contributed by atoms with Crippen LogP contribution in [0.2, 0.25) is 0 Å². The molecular formula is C16H22N4O3. The summed E-state index contributed by atoms with van der Waals surface area (Å²) in [7, 11) is 0. The number of carbonyl (C=O) groups excluding carboxylic acids is 1. The third-order valence-corrected chi connectivity index (χ3v) is 5.10. The Labute approximate surface area is 135 Å². The number of benzene rings is 1. The fourth-order valence-electron chi connectivity index (χ4n) is 3.51. The van der Waals surface area contributed by atoms with Gasteiger partial charge >= 0.3 is 6.03 Å². The van der Waals surface area contributed by atoms with E-state index in [1.807, 2.05) is 4.90 Å². The number of amides is 2. The van der Waals surface area contributed by atoms with Crippen LogP contribution in [0.25, 0.3) is 0 Å². The Bertz CT molecular complexity index is 571. The fourth-order valence-corrected chi connectivity index (χ4v) is 3.51. The first-order valence-corrected chi connectivity index (χ1v) is 8.09. The van der Waals surface area contributed by atoms with Crippen LogP contribution in [0.15, 0.2) is 24.3 Å². The number of anilines is 1. The maximum Gasteiger partial charge on any atom is 0.321 e. The average Bonchev–Trinajstić information content (AvgIpc) is 2.56. The zero-order valence-electron chi connectivity index (χ0n) is 13.1. The number of non-ortho nitro benzene ring substituents is 1. The molecule has 124 valence electrons. The van der Waals surface area contributed by atoms with Crippen molar-refractivity contribution in [2.45, 2.75) is 25.7 Å². The molecule has 0 radical (unpaired) electrons. The Balaban J connectivity index is 1.54. The number of hydrogen-bond acceptors (Lipinski definition) is 4. The van der Waals surface area contributed by atoms with Crippen molar-refractivity contribution in [2.75, 3.05) is 31.5 Å². The zero-order chi connectivity index (χ0) is 16.3. The van der Waals surface area contributed by atoms with Crippen LogP contribution < -0.4 is 10.6 Å². The smallest absolute Gasteiger partial charge is 0.321 e. The van der Waals surface area contributed by atoms with E-state index in [4.69, 9.17) is 0 Å². The number of carbonyl (C=O) groups is 1. The number of nitrogens with one attached hydrogen (secondary N) is 2. The Morgan fingerprint density at radius 3 is 2.30 bits per heavy atom. The molecule has 23 heavy (non-hydrogen) atoms. The molecule has 0 saturated carbocycles. The summed E-state index contributed by atoms with van der Waals surface area (Å²) in [6.07, 6.45) is 4.51. The standard InChI is InChI=1S/C16H22N4O3/c21-15(18-13-1-3-14(4-2-13)20(22)23)19-11-7-16(8-12-19)5-9-17-10-6-16/h1-4,17H,5-12H2,(H,18,21). The number of hydrogen-bond donors (Lipinski definition) is 2. The van der Waals surface area contributed by atoms with Crippen LogP contribution in [0.4, 0.5) is 16.2 Å². The first kappa shape index (κ1) is 15.7. The number of nitro groups is 1. The predicted octanol–water partition coefficient (Wildman–Crippen LogP) is 2.59. The van der Waals surface area contributed by atoms with Gasteiger partial charge in [0.2, 0.25) is 0 Å². The van der Waals surface area contributed by atoms with Crippen LogP contribution in [0.5, 0.6) is 0 Å². The molecule has 2 N–H and O–H groups in total. The summed E-state index contributed by atoms with van der Waals surface area (Å²) in [4.78, 5) is 24.4. The zero-order valence-corrected chi connectivity index (χ0v) is 13.1. The van der Waals surface area contributed by atoms with Crippen LogP contribution in [0.1, 0.15) is 25.7 Å². The summed E-state index contributed by atoms with van der Waals surface area (Å²) in [6.45, 7) is 3.71. The molecule has 2 fully saturated rings. The van der Waals surface area contributed by atoms with E-state index in [9.17, 15) is 14.9 Å². The molecule has 2 aliphatic rings. The molecule has 0 atom stereocenters. The Morgan fingerprint density at radius 2 is 1.74 bits per heavy atom. The second kappa shape index (κ2) is 6.54. The van der Waals surface area contributed by atoms with Gasteiger partial charge in [0.05, 0.1) is 4.92 Å². The second-order valence-corrected chi connectivity index (χ2v) is 6.47. The molecule has 3 rings (SSSR count). The van der Waals surface area contributed by atoms with Gasteiger partial charge in [0.1, 0.15) is 0 Å². The molecule has 7 nitrogen and oxygen atoms in total. The lowest BCUT2D eigenvalue weighted by atomic mass is 9.72. The van der Waals surface area contributed by atoms with Crippen LogP contribution in [0, 0.1) is 15.5 Å². The molecular weight excluding hydrogens is 296 g/mol. The monoisotopic (exact) mass is 318 g/mol. The van der Waals surface area contributed by atoms with Gasteiger partial charge in [0, 0.05) is 30.9 Å². The SMILES string of the molecule is O=C(Nc1ccc([N+](=O)[O-])cc1)N1CCC2(CCNCC2)CC1. The molecule has 2 saturated heterocycles. The van der Waals surface area contributed by atoms with Gasteiger partial charge in [-0.25, -0.2) is 4.79 Å². The van der Waals surface area contributed by atoms with Gasteiger partial charge in [-0.1, -0.05) is 0 Å². The largest absolute Gasteiger partial charge is 0.324 e. The van der Waals surface area contributed by atoms with Gasteiger partial charge in [-0.15, -0.1) is 0 Å². The first-order chi connectivity index (χ1) is 11.1. The van der Waals surface area contributed by atoms with Crippen LogP contribution >= 0.6 is 0 Å². The summed E-state index contributed by atoms with van der Waals surface area (Å²) in [5.74, 6) is 0. The Kier molecular flexibility index (Phi) is 4.47. The fraction of sp³-hybridized carbons (Fsp3) is 0.562. The molecule has 0 aliphatic carbocycles. The molecule has 1 spiro atoms. The van der Waals surface area contributed by atoms with Crippen molar-refractivity contribution in [1.82, 2.24) is 10.2 Å². The molecule has 7 heteroatoms. The molecule has 1 aromatic carbocycles. The normalized spacial score (nSPS) is 20.3. The molecule has 1 aromatic rings. The van der Waals surface area contributed by atoms with Crippen molar-refractivity contribution in [3.63, 3.8) is 0 Å². The van der Waals surface area contributed by atoms with Gasteiger partial charge in [-0.05, 0) is 56.3 Å². The Hall–Kier alpha value is -2.15. The van der Waals surface area contributed by atoms with Crippen molar-refractivity contribution >= 4 is 17.4 Å². The van der Waals surface area contributed by atoms with Gasteiger partial charge < -0.3 is 15.5 Å². The highest BCUT2D eigenvalue weighted by atomic mass is 16.6. The third-order valence-electron chi connectivity index (χ3n) is 5.10. The summed E-state index contributed by atoms with van der Waals surface area (Å²) >= 11 is 0. The summed E-state index contributed by atoms with van der Waals surface area (Å²) < 4.78 is 0. The molecule has 2 amide bonds. The van der Waals surface area contributed by atoms with Crippen molar-refractivity contribution in [2.24, 2.45) is 5.41 Å². The number of nitro benzene ring substituents is 1. The Morgan fingerprint density at radius 1 is 1.13 bits per heavy atom. The van der Waals surface area contributed by atoms with E-state index >= 15 is 0 Å². The molecule has 0 bridgehead atoms. The number of nitrogens with zero attached hydrogens (tertiary/aromatic N) is 2. The summed E-state index contributed by atoms with van der Waals surface area (Å²) in [5, 5.41) is 16.9. The van der Waals surface area contributed by atoms with Crippen molar-refractivity contribution < 1.29 is 9.72 Å². The molecule has 2 aliphatic heterocycles. The average molecular weight is 318 g/mol. The van der Waals surface area contributed by atoms with E-state index in [-0.39, 0.29) is 11.7 Å². The van der Waals surface area contributed by atoms with E-state index in [0.717, 1.165) is 39.0 Å². The summed E-state index contributed by atoms with van der Waals surface area (Å²) in [5.41, 5.74) is 1.02. The van der Waals surface area contributed by atoms with E-state index in [2.05, 4.69) is 10.6 Å². The first-order valence-electron chi connectivity index (χ1n) is 8.09. The van der Waals surface area contributed by atoms with Crippen molar-refractivity contribution in [3.05, 3.63) is 34.4 Å². The highest BCUT2D eigenvalue weighted by Crippen LogP contribution is 2.39. The van der Waals surface area contributed by atoms with Crippen LogP contribution in [0.3, 0.4) is 0 Å². The highest BCUT2D eigenvalue weighted by molar-refractivity contribution is 5.89. The number of likely N-dealkylation sites (tertiary alicyclic amines) is 1. The maximum absolute atomic E-state index is 12.3. The summed E-state index contributed by atoms with van der Waals surface area (Å²) in [6, 6.07) is 5.80. The van der Waals surface area contributed by atoms with Gasteiger partial charge in [0.15, 0.2) is 0 Å². The minimum atomic E-state index is -0.450. The predicted molar refractivity (Wildman–Crippen MR) is 87.5 cm³/mol. The van der Waals surface area contributed by atoms with Gasteiger partial charge in [-0.2, -0.15) is 0 Å². The topological polar surface area (TPSA) is 87.5 Å². The second-order valence-electron chi connectivity index (χ2n) is 6.47. The molecule has 0 aromatic heterocycles. The van der Waals surface area contributed by atoms with Crippen LogP contribution in [-0.4, -0.2) is 42.0 Å². The lowest BCUT2D eigenvalue weighted by molar-refractivity contribution is -0.384. The van der Waals surface area contributed by atoms with Crippen molar-refractivity contribution in [3.8, 4) is 0 Å². The van der Waals surface area contributed by atoms with E-state index in [0.29, 0.717) is 11.1 Å². The number of urea groups is 1. The number of piperidine rings is 2.